The first-order valence-corrected chi connectivity index (χ1v) is 5.12. The summed E-state index contributed by atoms with van der Waals surface area (Å²) in [5.74, 6) is 0. The lowest BCUT2D eigenvalue weighted by Crippen LogP contribution is -2.68. The van der Waals surface area contributed by atoms with Crippen LogP contribution in [0.4, 0.5) is 4.79 Å². The van der Waals surface area contributed by atoms with Crippen LogP contribution < -0.4 is 5.43 Å². The van der Waals surface area contributed by atoms with Crippen molar-refractivity contribution in [3.05, 3.63) is 5.21 Å². The van der Waals surface area contributed by atoms with E-state index in [4.69, 9.17) is 4.74 Å². The molecule has 0 aromatic rings. The fourth-order valence-corrected chi connectivity index (χ4v) is 1.28. The smallest absolute Gasteiger partial charge is 0.452 e. The maximum Gasteiger partial charge on any atom is 0.452 e. The van der Waals surface area contributed by atoms with E-state index in [9.17, 15) is 10.0 Å². The normalized spacial score (nSPS) is 30.6. The number of quaternary nitrogens is 1. The van der Waals surface area contributed by atoms with Gasteiger partial charge in [-0.25, -0.2) is 9.55 Å². The molecule has 2 atom stereocenters. The lowest BCUT2D eigenvalue weighted by molar-refractivity contribution is -0.976. The van der Waals surface area contributed by atoms with Gasteiger partial charge < -0.3 is 9.94 Å². The Balaban J connectivity index is 2.20. The van der Waals surface area contributed by atoms with E-state index in [2.05, 4.69) is 5.43 Å². The zero-order chi connectivity index (χ0) is 10.6. The van der Waals surface area contributed by atoms with Gasteiger partial charge in [-0.05, 0) is 13.3 Å². The summed E-state index contributed by atoms with van der Waals surface area (Å²) < 4.78 is 4.20. The Hall–Kier alpha value is -0.810. The molecular formula is C9H18N2O3. The number of carbonyl (C=O) groups is 1. The van der Waals surface area contributed by atoms with E-state index >= 15 is 0 Å². The highest BCUT2D eigenvalue weighted by molar-refractivity contribution is 5.65. The van der Waals surface area contributed by atoms with Gasteiger partial charge in [0, 0.05) is 0 Å². The molecule has 1 N–H and O–H groups in total. The van der Waals surface area contributed by atoms with Crippen LogP contribution in [0.1, 0.15) is 33.1 Å². The minimum Gasteiger partial charge on any atom is -0.606 e. The van der Waals surface area contributed by atoms with Crippen LogP contribution in [0.25, 0.3) is 0 Å². The van der Waals surface area contributed by atoms with E-state index in [1.54, 1.807) is 0 Å². The topological polar surface area (TPSA) is 61.4 Å². The number of rotatable bonds is 4. The van der Waals surface area contributed by atoms with Crippen LogP contribution in [0, 0.1) is 5.21 Å². The van der Waals surface area contributed by atoms with Gasteiger partial charge in [0.2, 0.25) is 0 Å². The maximum atomic E-state index is 11.7. The maximum absolute atomic E-state index is 11.7. The summed E-state index contributed by atoms with van der Waals surface area (Å²) in [4.78, 5) is 11.1. The molecular weight excluding hydrogens is 184 g/mol. The third-order valence-corrected chi connectivity index (χ3v) is 2.60. The number of unbranched alkanes of at least 4 members (excludes halogenated alkanes) is 1. The number of ether oxygens (including phenoxy) is 1. The summed E-state index contributed by atoms with van der Waals surface area (Å²) in [5, 5.41) is 11.7. The first-order valence-electron chi connectivity index (χ1n) is 5.12. The third-order valence-electron chi connectivity index (χ3n) is 2.60. The highest BCUT2D eigenvalue weighted by atomic mass is 16.6. The third kappa shape index (κ3) is 2.59. The van der Waals surface area contributed by atoms with Crippen molar-refractivity contribution in [1.82, 2.24) is 5.43 Å². The molecule has 1 saturated heterocycles. The highest BCUT2D eigenvalue weighted by Crippen LogP contribution is 2.23. The number of nitrogens with one attached hydrogen (secondary N) is 1. The molecule has 0 aromatic heterocycles. The van der Waals surface area contributed by atoms with Crippen LogP contribution in [0.5, 0.6) is 0 Å². The molecule has 0 saturated carbocycles. The SMILES string of the molecule is CCCCOC(=O)N[N+]1([O-])CCC1C. The van der Waals surface area contributed by atoms with Crippen molar-refractivity contribution >= 4 is 6.09 Å². The molecule has 0 aliphatic carbocycles. The Kier molecular flexibility index (Phi) is 3.71. The number of carbonyl (C=O) groups excluding carboxylic acids is 1. The molecule has 2 unspecified atom stereocenters. The van der Waals surface area contributed by atoms with Crippen LogP contribution >= 0.6 is 0 Å². The Bertz CT molecular complexity index is 210. The number of hydrogen-bond acceptors (Lipinski definition) is 3. The number of nitrogens with zero attached hydrogens (tertiary/aromatic N) is 1. The first kappa shape index (κ1) is 11.3. The van der Waals surface area contributed by atoms with Crippen molar-refractivity contribution < 1.29 is 14.3 Å². The van der Waals surface area contributed by atoms with Gasteiger partial charge in [-0.15, -0.1) is 0 Å². The minimum absolute atomic E-state index is 0.0475. The van der Waals surface area contributed by atoms with E-state index in [0.717, 1.165) is 19.3 Å². The van der Waals surface area contributed by atoms with E-state index in [0.29, 0.717) is 13.2 Å². The van der Waals surface area contributed by atoms with Crippen molar-refractivity contribution in [3.63, 3.8) is 0 Å². The van der Waals surface area contributed by atoms with Gasteiger partial charge in [0.25, 0.3) is 0 Å². The number of hydrogen-bond donors (Lipinski definition) is 1. The Morgan fingerprint density at radius 3 is 2.86 bits per heavy atom. The monoisotopic (exact) mass is 202 g/mol. The molecule has 1 heterocycles. The summed E-state index contributed by atoms with van der Waals surface area (Å²) in [7, 11) is 0. The zero-order valence-electron chi connectivity index (χ0n) is 8.78. The average Bonchev–Trinajstić information content (AvgIpc) is 2.16. The molecule has 1 aliphatic rings. The van der Waals surface area contributed by atoms with Crippen LogP contribution in [0.3, 0.4) is 0 Å². The molecule has 14 heavy (non-hydrogen) atoms. The Morgan fingerprint density at radius 1 is 1.71 bits per heavy atom. The van der Waals surface area contributed by atoms with Gasteiger partial charge >= 0.3 is 6.09 Å². The quantitative estimate of drug-likeness (QED) is 0.427. The molecule has 1 fully saturated rings. The molecule has 5 heteroatoms. The van der Waals surface area contributed by atoms with Crippen molar-refractivity contribution in [2.75, 3.05) is 13.2 Å². The summed E-state index contributed by atoms with van der Waals surface area (Å²) in [6.45, 7) is 4.67. The number of hydroxylamine groups is 2. The molecule has 1 rings (SSSR count). The molecule has 82 valence electrons. The summed E-state index contributed by atoms with van der Waals surface area (Å²) in [6, 6.07) is -0.0475. The molecule has 0 radical (unpaired) electrons. The van der Waals surface area contributed by atoms with Crippen molar-refractivity contribution in [2.45, 2.75) is 39.2 Å². The second kappa shape index (κ2) is 4.61. The first-order chi connectivity index (χ1) is 6.58. The predicted molar refractivity (Wildman–Crippen MR) is 52.0 cm³/mol. The zero-order valence-corrected chi connectivity index (χ0v) is 8.78. The lowest BCUT2D eigenvalue weighted by Gasteiger charge is -2.52. The van der Waals surface area contributed by atoms with Gasteiger partial charge in [-0.1, -0.05) is 13.3 Å². The van der Waals surface area contributed by atoms with Gasteiger partial charge in [0.05, 0.1) is 13.0 Å². The lowest BCUT2D eigenvalue weighted by atomic mass is 10.1. The summed E-state index contributed by atoms with van der Waals surface area (Å²) in [5.41, 5.74) is 2.32. The molecule has 0 bridgehead atoms. The van der Waals surface area contributed by atoms with Crippen LogP contribution in [-0.2, 0) is 4.74 Å². The fourth-order valence-electron chi connectivity index (χ4n) is 1.28. The van der Waals surface area contributed by atoms with Gasteiger partial charge in [0.1, 0.15) is 12.6 Å². The summed E-state index contributed by atoms with van der Waals surface area (Å²) in [6.07, 6.45) is 2.07. The largest absolute Gasteiger partial charge is 0.606 e. The van der Waals surface area contributed by atoms with Crippen LogP contribution in [0.15, 0.2) is 0 Å². The van der Waals surface area contributed by atoms with E-state index < -0.39 is 10.8 Å². The van der Waals surface area contributed by atoms with Gasteiger partial charge in [0.15, 0.2) is 0 Å². The average molecular weight is 202 g/mol. The standard InChI is InChI=1S/C9H18N2O3/c1-3-4-7-14-9(12)10-11(13)6-5-8(11)2/h8H,3-7H2,1-2H3,(H,10,12). The van der Waals surface area contributed by atoms with Crippen molar-refractivity contribution in [3.8, 4) is 0 Å². The molecule has 1 aliphatic heterocycles. The highest BCUT2D eigenvalue weighted by Gasteiger charge is 2.38. The molecule has 5 nitrogen and oxygen atoms in total. The van der Waals surface area contributed by atoms with Crippen molar-refractivity contribution in [1.29, 1.82) is 0 Å². The van der Waals surface area contributed by atoms with Crippen LogP contribution in [-0.4, -0.2) is 30.0 Å². The second-order valence-electron chi connectivity index (χ2n) is 3.76. The molecule has 0 spiro atoms. The minimum atomic E-state index is -0.634. The predicted octanol–water partition coefficient (Wildman–Crippen LogP) is 1.53. The van der Waals surface area contributed by atoms with E-state index in [1.165, 1.54) is 0 Å². The second-order valence-corrected chi connectivity index (χ2v) is 3.76. The van der Waals surface area contributed by atoms with Gasteiger partial charge in [-0.3, -0.25) is 0 Å². The van der Waals surface area contributed by atoms with E-state index in [-0.39, 0.29) is 6.04 Å². The summed E-state index contributed by atoms with van der Waals surface area (Å²) >= 11 is 0. The fraction of sp³-hybridized carbons (Fsp3) is 0.889. The van der Waals surface area contributed by atoms with Gasteiger partial charge in [-0.2, -0.15) is 5.43 Å². The van der Waals surface area contributed by atoms with Crippen LogP contribution in [0.2, 0.25) is 0 Å². The Labute approximate surface area is 84.2 Å². The molecule has 0 aromatic carbocycles. The van der Waals surface area contributed by atoms with Crippen molar-refractivity contribution in [2.24, 2.45) is 0 Å². The Morgan fingerprint density at radius 2 is 2.43 bits per heavy atom. The number of amides is 1. The van der Waals surface area contributed by atoms with E-state index in [1.807, 2.05) is 13.8 Å². The molecule has 1 amide bonds.